The van der Waals surface area contributed by atoms with Gasteiger partial charge in [0, 0.05) is 27.5 Å². The Balaban J connectivity index is 0.992. The van der Waals surface area contributed by atoms with Gasteiger partial charge in [-0.15, -0.1) is 0 Å². The van der Waals surface area contributed by atoms with Crippen LogP contribution in [0.2, 0.25) is 0 Å². The first-order chi connectivity index (χ1) is 31.3. The molecule has 332 valence electrons. The minimum Gasteiger partial charge on any atom is -0.405 e. The van der Waals surface area contributed by atoms with Gasteiger partial charge < -0.3 is 32.5 Å². The van der Waals surface area contributed by atoms with Crippen molar-refractivity contribution in [2.45, 2.75) is 116 Å². The molecule has 0 N–H and O–H groups in total. The molecule has 2 unspecified atom stereocenters. The van der Waals surface area contributed by atoms with Crippen LogP contribution in [0, 0.1) is 11.3 Å². The molecule has 3 saturated heterocycles. The SMILES string of the molecule is CC1(C)OB(B2OC(C)(C)C(C)(CCC3(C)OB(c4ccc5c(c4)c4ccccc4n5-c4ccc(C#N)cc4-c4nc(-c5ccccc5)nc(-c5ccccc5)n4)OC3(C)C)O2)OC1(C)C. The minimum absolute atomic E-state index is 0.460. The molecule has 14 heteroatoms. The smallest absolute Gasteiger partial charge is 0.405 e. The Morgan fingerprint density at radius 1 is 0.500 bits per heavy atom. The summed E-state index contributed by atoms with van der Waals surface area (Å²) in [4.78, 5) is 15.1. The molecule has 2 atom stereocenters. The fourth-order valence-electron chi connectivity index (χ4n) is 9.38. The van der Waals surface area contributed by atoms with Crippen LogP contribution in [0.5, 0.6) is 0 Å². The molecule has 0 radical (unpaired) electrons. The number of aromatic nitrogens is 4. The predicted molar refractivity (Wildman–Crippen MR) is 261 cm³/mol. The van der Waals surface area contributed by atoms with Crippen molar-refractivity contribution in [2.24, 2.45) is 0 Å². The van der Waals surface area contributed by atoms with Crippen LogP contribution < -0.4 is 5.46 Å². The Bertz CT molecular complexity index is 2970. The van der Waals surface area contributed by atoms with Crippen molar-refractivity contribution < 1.29 is 27.9 Å². The normalized spacial score (nSPS) is 23.0. The molecule has 11 nitrogen and oxygen atoms in total. The van der Waals surface area contributed by atoms with Gasteiger partial charge in [0.2, 0.25) is 0 Å². The van der Waals surface area contributed by atoms with E-state index in [4.69, 9.17) is 42.9 Å². The van der Waals surface area contributed by atoms with Gasteiger partial charge in [-0.1, -0.05) is 91.0 Å². The Kier molecular flexibility index (Phi) is 10.5. The molecule has 0 spiro atoms. The van der Waals surface area contributed by atoms with Crippen LogP contribution in [0.1, 0.15) is 87.6 Å². The van der Waals surface area contributed by atoms with Gasteiger partial charge in [0.15, 0.2) is 17.5 Å². The number of hydrogen-bond acceptors (Lipinski definition) is 10. The lowest BCUT2D eigenvalue weighted by Gasteiger charge is -2.42. The van der Waals surface area contributed by atoms with Crippen molar-refractivity contribution >= 4 is 48.4 Å². The maximum absolute atomic E-state index is 10.2. The number of para-hydroxylation sites is 1. The van der Waals surface area contributed by atoms with Crippen LogP contribution in [0.15, 0.2) is 121 Å². The minimum atomic E-state index is -0.676. The molecule has 3 aliphatic heterocycles. The van der Waals surface area contributed by atoms with E-state index in [2.05, 4.69) is 88.6 Å². The highest BCUT2D eigenvalue weighted by molar-refractivity contribution is 7.11. The maximum Gasteiger partial charge on any atom is 0.494 e. The number of hydrogen-bond donors (Lipinski definition) is 0. The van der Waals surface area contributed by atoms with Gasteiger partial charge in [-0.25, -0.2) is 15.0 Å². The van der Waals surface area contributed by atoms with Crippen LogP contribution in [-0.4, -0.2) is 74.3 Å². The van der Waals surface area contributed by atoms with Gasteiger partial charge in [-0.05, 0) is 118 Å². The lowest BCUT2D eigenvalue weighted by Crippen LogP contribution is -2.50. The van der Waals surface area contributed by atoms with E-state index < -0.39 is 54.7 Å². The number of rotatable bonds is 9. The Hall–Kier alpha value is -5.65. The Morgan fingerprint density at radius 3 is 1.64 bits per heavy atom. The van der Waals surface area contributed by atoms with Gasteiger partial charge in [-0.2, -0.15) is 5.26 Å². The molecular weight excluding hydrogens is 823 g/mol. The zero-order valence-corrected chi connectivity index (χ0v) is 39.4. The van der Waals surface area contributed by atoms with E-state index in [9.17, 15) is 5.26 Å². The third-order valence-corrected chi connectivity index (χ3v) is 15.0. The second-order valence-electron chi connectivity index (χ2n) is 20.3. The van der Waals surface area contributed by atoms with E-state index in [0.717, 1.165) is 44.1 Å². The highest BCUT2D eigenvalue weighted by Gasteiger charge is 2.65. The summed E-state index contributed by atoms with van der Waals surface area (Å²) in [5, 5.41) is 12.3. The van der Waals surface area contributed by atoms with Crippen LogP contribution >= 0.6 is 0 Å². The summed E-state index contributed by atoms with van der Waals surface area (Å²) in [7, 11) is -1.95. The number of benzene rings is 5. The van der Waals surface area contributed by atoms with Crippen LogP contribution in [-0.2, 0) is 27.9 Å². The summed E-state index contributed by atoms with van der Waals surface area (Å²) in [5.41, 5.74) is 2.99. The number of nitriles is 1. The van der Waals surface area contributed by atoms with Gasteiger partial charge >= 0.3 is 21.1 Å². The van der Waals surface area contributed by atoms with Gasteiger partial charge in [0.25, 0.3) is 0 Å². The molecular formula is C52H54B3N5O6. The molecule has 3 fully saturated rings. The molecule has 0 saturated carbocycles. The van der Waals surface area contributed by atoms with E-state index in [0.29, 0.717) is 41.4 Å². The summed E-state index contributed by atoms with van der Waals surface area (Å²) in [6.07, 6.45) is 1.29. The van der Waals surface area contributed by atoms with Gasteiger partial charge in [0.1, 0.15) is 0 Å². The molecule has 5 aromatic carbocycles. The van der Waals surface area contributed by atoms with Crippen LogP contribution in [0.4, 0.5) is 0 Å². The van der Waals surface area contributed by atoms with Crippen molar-refractivity contribution in [3.05, 3.63) is 127 Å². The molecule has 10 rings (SSSR count). The van der Waals surface area contributed by atoms with E-state index in [-0.39, 0.29) is 0 Å². The highest BCUT2D eigenvalue weighted by atomic mass is 16.7. The van der Waals surface area contributed by atoms with Gasteiger partial charge in [0.05, 0.1) is 62.0 Å². The van der Waals surface area contributed by atoms with Crippen LogP contribution in [0.25, 0.3) is 61.7 Å². The number of nitrogens with zero attached hydrogens (tertiary/aromatic N) is 5. The Morgan fingerprint density at radius 2 is 1.02 bits per heavy atom. The van der Waals surface area contributed by atoms with E-state index >= 15 is 0 Å². The predicted octanol–water partition coefficient (Wildman–Crippen LogP) is 10.1. The van der Waals surface area contributed by atoms with Gasteiger partial charge in [-0.3, -0.25) is 0 Å². The first kappa shape index (κ1) is 44.2. The maximum atomic E-state index is 10.2. The summed E-state index contributed by atoms with van der Waals surface area (Å²) in [5.74, 6) is 1.54. The first-order valence-corrected chi connectivity index (χ1v) is 22.8. The van der Waals surface area contributed by atoms with Crippen molar-refractivity contribution in [1.29, 1.82) is 5.26 Å². The lowest BCUT2D eigenvalue weighted by atomic mass is 9.49. The summed E-state index contributed by atoms with van der Waals surface area (Å²) < 4.78 is 42.1. The number of fused-ring (bicyclic) bond motifs is 3. The molecule has 5 heterocycles. The fraction of sp³-hybridized carbons (Fsp3) is 0.346. The second-order valence-corrected chi connectivity index (χ2v) is 20.3. The largest absolute Gasteiger partial charge is 0.494 e. The average molecular weight is 877 g/mol. The molecule has 0 amide bonds. The van der Waals surface area contributed by atoms with E-state index in [1.54, 1.807) is 0 Å². The third kappa shape index (κ3) is 7.37. The fourth-order valence-corrected chi connectivity index (χ4v) is 9.38. The lowest BCUT2D eigenvalue weighted by molar-refractivity contribution is -0.0576. The third-order valence-electron chi connectivity index (χ3n) is 15.0. The van der Waals surface area contributed by atoms with Crippen LogP contribution in [0.3, 0.4) is 0 Å². The zero-order valence-electron chi connectivity index (χ0n) is 39.4. The molecule has 66 heavy (non-hydrogen) atoms. The Labute approximate surface area is 388 Å². The van der Waals surface area contributed by atoms with Crippen molar-refractivity contribution in [1.82, 2.24) is 19.5 Å². The standard InChI is InChI=1S/C52H54B3N5O6/c1-47(2)48(3,4)63-54(62-47)55-64-50(7,8)52(10,66-55)30-29-51(9)49(5,6)61-53(65-51)37-26-28-42-39(32-37)38-23-17-18-24-41(38)60(42)43-27-25-34(33-56)31-40(43)46-58-44(35-19-13-11-14-20-35)57-45(59-46)36-21-15-12-16-22-36/h11-28,31-32H,29-30H2,1-10H3. The van der Waals surface area contributed by atoms with E-state index in [1.807, 2.05) is 113 Å². The second kappa shape index (κ2) is 15.7. The quantitative estimate of drug-likeness (QED) is 0.130. The van der Waals surface area contributed by atoms with Crippen molar-refractivity contribution in [3.8, 4) is 45.9 Å². The molecule has 0 aliphatic carbocycles. The first-order valence-electron chi connectivity index (χ1n) is 22.8. The van der Waals surface area contributed by atoms with Crippen molar-refractivity contribution in [3.63, 3.8) is 0 Å². The average Bonchev–Trinajstić information content (AvgIpc) is 3.93. The highest BCUT2D eigenvalue weighted by Crippen LogP contribution is 2.49. The zero-order chi connectivity index (χ0) is 46.4. The van der Waals surface area contributed by atoms with Crippen molar-refractivity contribution in [2.75, 3.05) is 0 Å². The molecule has 2 aromatic heterocycles. The van der Waals surface area contributed by atoms with E-state index in [1.165, 1.54) is 0 Å². The molecule has 7 aromatic rings. The molecule has 0 bridgehead atoms. The summed E-state index contributed by atoms with van der Waals surface area (Å²) in [6.45, 7) is 20.7. The monoisotopic (exact) mass is 877 g/mol. The summed E-state index contributed by atoms with van der Waals surface area (Å²) >= 11 is 0. The summed E-state index contributed by atoms with van der Waals surface area (Å²) in [6, 6.07) is 42.6. The molecule has 3 aliphatic rings. The topological polar surface area (TPSA) is 123 Å².